The molecule has 156 valence electrons. The predicted octanol–water partition coefficient (Wildman–Crippen LogP) is 0.910. The van der Waals surface area contributed by atoms with Crippen molar-refractivity contribution in [2.45, 2.75) is 24.5 Å². The van der Waals surface area contributed by atoms with Gasteiger partial charge >= 0.3 is 6.03 Å². The third-order valence-corrected chi connectivity index (χ3v) is 7.46. The minimum atomic E-state index is -2.93. The van der Waals surface area contributed by atoms with Crippen LogP contribution in [0.15, 0.2) is 35.5 Å². The number of amides is 3. The first-order chi connectivity index (χ1) is 13.8. The number of imide groups is 1. The molecule has 0 aliphatic carbocycles. The maximum atomic E-state index is 12.0. The minimum absolute atomic E-state index is 0.0164. The van der Waals surface area contributed by atoms with E-state index < -0.39 is 21.8 Å². The molecular formula is C18H23N5O4S2. The molecule has 1 unspecified atom stereocenters. The Kier molecular flexibility index (Phi) is 6.91. The smallest absolute Gasteiger partial charge is 0.321 e. The number of aromatic nitrogens is 3. The van der Waals surface area contributed by atoms with Crippen molar-refractivity contribution in [1.82, 2.24) is 25.4 Å². The Morgan fingerprint density at radius 1 is 1.24 bits per heavy atom. The monoisotopic (exact) mass is 437 g/mol. The molecule has 0 saturated carbocycles. The van der Waals surface area contributed by atoms with Crippen LogP contribution < -0.4 is 10.6 Å². The average molecular weight is 438 g/mol. The Morgan fingerprint density at radius 3 is 2.69 bits per heavy atom. The van der Waals surface area contributed by atoms with E-state index in [-0.39, 0.29) is 23.2 Å². The number of benzene rings is 1. The van der Waals surface area contributed by atoms with Gasteiger partial charge in [-0.2, -0.15) is 0 Å². The highest BCUT2D eigenvalue weighted by Gasteiger charge is 2.29. The number of nitrogens with one attached hydrogen (secondary N) is 2. The molecule has 1 aliphatic rings. The van der Waals surface area contributed by atoms with E-state index in [0.29, 0.717) is 30.4 Å². The lowest BCUT2D eigenvalue weighted by Gasteiger charge is -2.08. The maximum absolute atomic E-state index is 12.0. The van der Waals surface area contributed by atoms with Crippen molar-refractivity contribution in [3.05, 3.63) is 41.7 Å². The van der Waals surface area contributed by atoms with Gasteiger partial charge in [0.25, 0.3) is 0 Å². The van der Waals surface area contributed by atoms with Gasteiger partial charge in [-0.15, -0.1) is 10.2 Å². The number of carbonyl (C=O) groups is 2. The molecule has 3 amide bonds. The van der Waals surface area contributed by atoms with Gasteiger partial charge < -0.3 is 9.88 Å². The summed E-state index contributed by atoms with van der Waals surface area (Å²) in [5, 5.41) is 13.6. The number of urea groups is 1. The third kappa shape index (κ3) is 6.29. The summed E-state index contributed by atoms with van der Waals surface area (Å²) in [5.74, 6) is 0.731. The molecule has 0 spiro atoms. The zero-order valence-electron chi connectivity index (χ0n) is 16.0. The fraction of sp³-hybridized carbons (Fsp3) is 0.444. The summed E-state index contributed by atoms with van der Waals surface area (Å²) < 4.78 is 24.9. The number of nitrogens with zero attached hydrogens (tertiary/aromatic N) is 3. The summed E-state index contributed by atoms with van der Waals surface area (Å²) in [4.78, 5) is 23.8. The minimum Gasteiger partial charge on any atom is -0.334 e. The molecule has 2 heterocycles. The van der Waals surface area contributed by atoms with Crippen molar-refractivity contribution in [1.29, 1.82) is 0 Å². The molecule has 3 rings (SSSR count). The van der Waals surface area contributed by atoms with Crippen molar-refractivity contribution in [3.63, 3.8) is 0 Å². The Bertz CT molecular complexity index is 975. The van der Waals surface area contributed by atoms with Crippen LogP contribution in [-0.4, -0.2) is 52.4 Å². The summed E-state index contributed by atoms with van der Waals surface area (Å²) in [6, 6.07) is 8.84. The summed E-state index contributed by atoms with van der Waals surface area (Å²) in [6.45, 7) is 0.330. The Morgan fingerprint density at radius 2 is 2.00 bits per heavy atom. The van der Waals surface area contributed by atoms with Crippen LogP contribution in [0.5, 0.6) is 0 Å². The molecular weight excluding hydrogens is 414 g/mol. The molecule has 1 fully saturated rings. The molecule has 1 atom stereocenters. The Labute approximate surface area is 173 Å². The average Bonchev–Trinajstić information content (AvgIpc) is 3.21. The zero-order valence-corrected chi connectivity index (χ0v) is 17.6. The van der Waals surface area contributed by atoms with E-state index in [1.807, 2.05) is 30.3 Å². The van der Waals surface area contributed by atoms with Crippen molar-refractivity contribution in [2.75, 3.05) is 17.3 Å². The van der Waals surface area contributed by atoms with Crippen LogP contribution in [0.4, 0.5) is 4.79 Å². The largest absolute Gasteiger partial charge is 0.334 e. The third-order valence-electron chi connectivity index (χ3n) is 4.60. The predicted molar refractivity (Wildman–Crippen MR) is 109 cm³/mol. The van der Waals surface area contributed by atoms with Crippen LogP contribution in [0.25, 0.3) is 0 Å². The molecule has 0 radical (unpaired) electrons. The molecule has 29 heavy (non-hydrogen) atoms. The quantitative estimate of drug-likeness (QED) is 0.617. The van der Waals surface area contributed by atoms with E-state index in [1.165, 1.54) is 11.8 Å². The second kappa shape index (κ2) is 9.40. The zero-order chi connectivity index (χ0) is 20.9. The summed E-state index contributed by atoms with van der Waals surface area (Å²) >= 11 is 1.17. The van der Waals surface area contributed by atoms with Gasteiger partial charge in [0.05, 0.1) is 17.3 Å². The molecule has 1 aromatic carbocycles. The standard InChI is InChI=1S/C18H23N5O4S2/c1-23-15(9-14-7-8-29(26,27)12-14)21-22-18(23)28-11-16(24)20-17(25)19-10-13-5-3-2-4-6-13/h2-6,14H,7-12H2,1H3,(H2,19,20,24,25). The van der Waals surface area contributed by atoms with Crippen LogP contribution in [0.1, 0.15) is 17.8 Å². The number of thioether (sulfide) groups is 1. The van der Waals surface area contributed by atoms with Gasteiger partial charge in [-0.3, -0.25) is 10.1 Å². The van der Waals surface area contributed by atoms with E-state index in [9.17, 15) is 18.0 Å². The highest BCUT2D eigenvalue weighted by molar-refractivity contribution is 7.99. The molecule has 9 nitrogen and oxygen atoms in total. The topological polar surface area (TPSA) is 123 Å². The van der Waals surface area contributed by atoms with Gasteiger partial charge in [0, 0.05) is 20.0 Å². The molecule has 11 heteroatoms. The van der Waals surface area contributed by atoms with E-state index in [4.69, 9.17) is 0 Å². The molecule has 2 N–H and O–H groups in total. The van der Waals surface area contributed by atoms with Crippen molar-refractivity contribution in [3.8, 4) is 0 Å². The summed E-state index contributed by atoms with van der Waals surface area (Å²) in [6.07, 6.45) is 1.18. The number of hydrogen-bond acceptors (Lipinski definition) is 7. The number of hydrogen-bond donors (Lipinski definition) is 2. The highest BCUT2D eigenvalue weighted by Crippen LogP contribution is 2.23. The van der Waals surface area contributed by atoms with Crippen molar-refractivity contribution in [2.24, 2.45) is 13.0 Å². The first kappa shape index (κ1) is 21.3. The van der Waals surface area contributed by atoms with Crippen LogP contribution in [0.2, 0.25) is 0 Å². The molecule has 0 bridgehead atoms. The lowest BCUT2D eigenvalue weighted by Crippen LogP contribution is -2.40. The number of carbonyl (C=O) groups excluding carboxylic acids is 2. The normalized spacial score (nSPS) is 17.8. The summed E-state index contributed by atoms with van der Waals surface area (Å²) in [5.41, 5.74) is 0.936. The van der Waals surface area contributed by atoms with Crippen LogP contribution in [0.3, 0.4) is 0 Å². The lowest BCUT2D eigenvalue weighted by atomic mass is 10.1. The van der Waals surface area contributed by atoms with Crippen LogP contribution in [0, 0.1) is 5.92 Å². The van der Waals surface area contributed by atoms with Crippen molar-refractivity contribution >= 4 is 33.5 Å². The molecule has 1 saturated heterocycles. The van der Waals surface area contributed by atoms with Crippen molar-refractivity contribution < 1.29 is 18.0 Å². The maximum Gasteiger partial charge on any atom is 0.321 e. The first-order valence-corrected chi connectivity index (χ1v) is 12.0. The molecule has 1 aromatic heterocycles. The number of rotatable bonds is 7. The van der Waals surface area contributed by atoms with E-state index >= 15 is 0 Å². The SMILES string of the molecule is Cn1c(CC2CCS(=O)(=O)C2)nnc1SCC(=O)NC(=O)NCc1ccccc1. The lowest BCUT2D eigenvalue weighted by molar-refractivity contribution is -0.117. The van der Waals surface area contributed by atoms with E-state index in [1.54, 1.807) is 11.6 Å². The highest BCUT2D eigenvalue weighted by atomic mass is 32.2. The fourth-order valence-electron chi connectivity index (χ4n) is 3.05. The number of sulfone groups is 1. The van der Waals surface area contributed by atoms with Gasteiger partial charge in [-0.1, -0.05) is 42.1 Å². The summed E-state index contributed by atoms with van der Waals surface area (Å²) in [7, 11) is -1.15. The van der Waals surface area contributed by atoms with Gasteiger partial charge in [-0.05, 0) is 17.9 Å². The fourth-order valence-corrected chi connectivity index (χ4v) is 5.65. The van der Waals surface area contributed by atoms with Gasteiger partial charge in [-0.25, -0.2) is 13.2 Å². The Balaban J connectivity index is 1.43. The Hall–Kier alpha value is -2.40. The van der Waals surface area contributed by atoms with Gasteiger partial charge in [0.15, 0.2) is 15.0 Å². The first-order valence-electron chi connectivity index (χ1n) is 9.15. The molecule has 1 aliphatic heterocycles. The molecule has 2 aromatic rings. The van der Waals surface area contributed by atoms with E-state index in [0.717, 1.165) is 5.56 Å². The van der Waals surface area contributed by atoms with Crippen LogP contribution in [-0.2, 0) is 34.6 Å². The van der Waals surface area contributed by atoms with Gasteiger partial charge in [0.2, 0.25) is 5.91 Å². The second-order valence-corrected chi connectivity index (χ2v) is 10.1. The van der Waals surface area contributed by atoms with Gasteiger partial charge in [0.1, 0.15) is 5.82 Å². The van der Waals surface area contributed by atoms with E-state index in [2.05, 4.69) is 20.8 Å². The second-order valence-electron chi connectivity index (χ2n) is 6.94. The van der Waals surface area contributed by atoms with Crippen LogP contribution >= 0.6 is 11.8 Å².